The standard InChI is InChI=1S/C20H18BrNO4/c1-4-26-20(23)17-11-15(12-5-7-13(21)8-6-12)19-16(22-17)9-14(24-2)10-18(19)25-3/h5-11H,4H2,1-3H3. The van der Waals surface area contributed by atoms with Gasteiger partial charge in [0, 0.05) is 16.6 Å². The molecule has 0 aliphatic rings. The van der Waals surface area contributed by atoms with E-state index in [1.54, 1.807) is 39.3 Å². The molecule has 0 saturated carbocycles. The largest absolute Gasteiger partial charge is 0.497 e. The number of esters is 1. The second kappa shape index (κ2) is 7.74. The minimum Gasteiger partial charge on any atom is -0.497 e. The number of ether oxygens (including phenoxy) is 3. The van der Waals surface area contributed by atoms with Gasteiger partial charge in [-0.15, -0.1) is 0 Å². The summed E-state index contributed by atoms with van der Waals surface area (Å²) in [5, 5.41) is 0.809. The number of carbonyl (C=O) groups is 1. The number of aromatic nitrogens is 1. The smallest absolute Gasteiger partial charge is 0.356 e. The van der Waals surface area contributed by atoms with Crippen LogP contribution in [0.1, 0.15) is 17.4 Å². The molecular weight excluding hydrogens is 398 g/mol. The maximum atomic E-state index is 12.3. The SMILES string of the molecule is CCOC(=O)c1cc(-c2ccc(Br)cc2)c2c(OC)cc(OC)cc2n1. The van der Waals surface area contributed by atoms with Crippen LogP contribution in [0.4, 0.5) is 0 Å². The van der Waals surface area contributed by atoms with Crippen LogP contribution in [0.15, 0.2) is 46.9 Å². The van der Waals surface area contributed by atoms with Crippen LogP contribution in [0.2, 0.25) is 0 Å². The molecule has 6 heteroatoms. The number of nitrogens with zero attached hydrogens (tertiary/aromatic N) is 1. The van der Waals surface area contributed by atoms with Gasteiger partial charge in [-0.3, -0.25) is 0 Å². The Labute approximate surface area is 160 Å². The predicted octanol–water partition coefficient (Wildman–Crippen LogP) is 4.86. The van der Waals surface area contributed by atoms with Crippen molar-refractivity contribution in [3.05, 3.63) is 52.6 Å². The Balaban J connectivity index is 2.34. The van der Waals surface area contributed by atoms with E-state index in [9.17, 15) is 4.79 Å². The van der Waals surface area contributed by atoms with Gasteiger partial charge in [-0.05, 0) is 36.2 Å². The molecule has 0 bridgehead atoms. The van der Waals surface area contributed by atoms with E-state index in [0.29, 0.717) is 17.0 Å². The van der Waals surface area contributed by atoms with E-state index in [2.05, 4.69) is 20.9 Å². The molecular formula is C20H18BrNO4. The van der Waals surface area contributed by atoms with E-state index in [1.807, 2.05) is 24.3 Å². The molecule has 0 amide bonds. The van der Waals surface area contributed by atoms with Gasteiger partial charge in [0.15, 0.2) is 0 Å². The first kappa shape index (κ1) is 18.2. The van der Waals surface area contributed by atoms with Crippen molar-refractivity contribution in [3.8, 4) is 22.6 Å². The van der Waals surface area contributed by atoms with E-state index in [4.69, 9.17) is 14.2 Å². The fourth-order valence-corrected chi connectivity index (χ4v) is 3.02. The summed E-state index contributed by atoms with van der Waals surface area (Å²) in [4.78, 5) is 16.8. The highest BCUT2D eigenvalue weighted by Crippen LogP contribution is 2.38. The van der Waals surface area contributed by atoms with Gasteiger partial charge in [-0.2, -0.15) is 0 Å². The Bertz CT molecular complexity index is 954. The number of hydrogen-bond donors (Lipinski definition) is 0. The highest BCUT2D eigenvalue weighted by atomic mass is 79.9. The van der Waals surface area contributed by atoms with Gasteiger partial charge >= 0.3 is 5.97 Å². The Morgan fingerprint density at radius 2 is 1.81 bits per heavy atom. The van der Waals surface area contributed by atoms with Crippen LogP contribution in [0.3, 0.4) is 0 Å². The molecule has 3 rings (SSSR count). The van der Waals surface area contributed by atoms with E-state index in [1.165, 1.54) is 0 Å². The van der Waals surface area contributed by atoms with E-state index < -0.39 is 5.97 Å². The molecule has 0 aliphatic carbocycles. The third kappa shape index (κ3) is 3.51. The van der Waals surface area contributed by atoms with Gasteiger partial charge in [0.05, 0.1) is 31.7 Å². The van der Waals surface area contributed by atoms with Crippen molar-refractivity contribution in [2.75, 3.05) is 20.8 Å². The minimum atomic E-state index is -0.463. The van der Waals surface area contributed by atoms with Crippen LogP contribution in [0, 0.1) is 0 Å². The molecule has 0 saturated heterocycles. The molecule has 0 unspecified atom stereocenters. The predicted molar refractivity (Wildman–Crippen MR) is 104 cm³/mol. The zero-order chi connectivity index (χ0) is 18.7. The average Bonchev–Trinajstić information content (AvgIpc) is 2.66. The summed E-state index contributed by atoms with van der Waals surface area (Å²) in [7, 11) is 3.17. The van der Waals surface area contributed by atoms with Gasteiger partial charge < -0.3 is 14.2 Å². The third-order valence-corrected chi connectivity index (χ3v) is 4.47. The summed E-state index contributed by atoms with van der Waals surface area (Å²) >= 11 is 3.45. The monoisotopic (exact) mass is 415 g/mol. The van der Waals surface area contributed by atoms with Crippen LogP contribution < -0.4 is 9.47 Å². The van der Waals surface area contributed by atoms with Crippen molar-refractivity contribution in [2.24, 2.45) is 0 Å². The first-order chi connectivity index (χ1) is 12.6. The lowest BCUT2D eigenvalue weighted by Crippen LogP contribution is -2.08. The normalized spacial score (nSPS) is 10.6. The molecule has 2 aromatic carbocycles. The molecule has 0 spiro atoms. The quantitative estimate of drug-likeness (QED) is 0.556. The fraction of sp³-hybridized carbons (Fsp3) is 0.200. The summed E-state index contributed by atoms with van der Waals surface area (Å²) < 4.78 is 17.0. The van der Waals surface area contributed by atoms with E-state index in [-0.39, 0.29) is 12.3 Å². The lowest BCUT2D eigenvalue weighted by Gasteiger charge is -2.14. The lowest BCUT2D eigenvalue weighted by molar-refractivity contribution is 0.0520. The van der Waals surface area contributed by atoms with Crippen LogP contribution in [0.5, 0.6) is 11.5 Å². The first-order valence-electron chi connectivity index (χ1n) is 8.07. The number of fused-ring (bicyclic) bond motifs is 1. The number of hydrogen-bond acceptors (Lipinski definition) is 5. The Hall–Kier alpha value is -2.60. The summed E-state index contributed by atoms with van der Waals surface area (Å²) in [6.45, 7) is 2.05. The van der Waals surface area contributed by atoms with Crippen LogP contribution in [-0.4, -0.2) is 31.8 Å². The van der Waals surface area contributed by atoms with Gasteiger partial charge in [-0.1, -0.05) is 28.1 Å². The molecule has 0 aliphatic heterocycles. The Kier molecular flexibility index (Phi) is 5.42. The number of methoxy groups -OCH3 is 2. The number of benzene rings is 2. The molecule has 26 heavy (non-hydrogen) atoms. The maximum Gasteiger partial charge on any atom is 0.356 e. The number of halogens is 1. The molecule has 134 valence electrons. The highest BCUT2D eigenvalue weighted by Gasteiger charge is 2.18. The molecule has 1 heterocycles. The summed E-state index contributed by atoms with van der Waals surface area (Å²) in [6, 6.07) is 13.1. The molecule has 3 aromatic rings. The molecule has 0 fully saturated rings. The summed E-state index contributed by atoms with van der Waals surface area (Å²) in [5.41, 5.74) is 2.62. The van der Waals surface area contributed by atoms with Crippen molar-refractivity contribution in [1.29, 1.82) is 0 Å². The van der Waals surface area contributed by atoms with Gasteiger partial charge in [0.2, 0.25) is 0 Å². The highest BCUT2D eigenvalue weighted by molar-refractivity contribution is 9.10. The molecule has 1 aromatic heterocycles. The van der Waals surface area contributed by atoms with Crippen LogP contribution >= 0.6 is 15.9 Å². The first-order valence-corrected chi connectivity index (χ1v) is 8.86. The topological polar surface area (TPSA) is 57.7 Å². The van der Waals surface area contributed by atoms with Crippen molar-refractivity contribution in [2.45, 2.75) is 6.92 Å². The number of rotatable bonds is 5. The van der Waals surface area contributed by atoms with Crippen LogP contribution in [0.25, 0.3) is 22.0 Å². The van der Waals surface area contributed by atoms with Gasteiger partial charge in [-0.25, -0.2) is 9.78 Å². The zero-order valence-corrected chi connectivity index (χ0v) is 16.3. The second-order valence-corrected chi connectivity index (χ2v) is 6.42. The maximum absolute atomic E-state index is 12.3. The van der Waals surface area contributed by atoms with Crippen LogP contribution in [-0.2, 0) is 4.74 Å². The zero-order valence-electron chi connectivity index (χ0n) is 14.7. The number of carbonyl (C=O) groups excluding carboxylic acids is 1. The molecule has 5 nitrogen and oxygen atoms in total. The summed E-state index contributed by atoms with van der Waals surface area (Å²) in [5.74, 6) is 0.763. The van der Waals surface area contributed by atoms with Crippen molar-refractivity contribution >= 4 is 32.8 Å². The third-order valence-electron chi connectivity index (χ3n) is 3.94. The Morgan fingerprint density at radius 1 is 1.08 bits per heavy atom. The second-order valence-electron chi connectivity index (χ2n) is 5.51. The van der Waals surface area contributed by atoms with E-state index in [0.717, 1.165) is 21.0 Å². The lowest BCUT2D eigenvalue weighted by atomic mass is 9.99. The van der Waals surface area contributed by atoms with Gasteiger partial charge in [0.1, 0.15) is 17.2 Å². The fourth-order valence-electron chi connectivity index (χ4n) is 2.75. The van der Waals surface area contributed by atoms with Crippen molar-refractivity contribution < 1.29 is 19.0 Å². The van der Waals surface area contributed by atoms with Crippen molar-refractivity contribution in [1.82, 2.24) is 4.98 Å². The molecule has 0 atom stereocenters. The molecule has 0 radical (unpaired) electrons. The molecule has 0 N–H and O–H groups in total. The minimum absolute atomic E-state index is 0.243. The summed E-state index contributed by atoms with van der Waals surface area (Å²) in [6.07, 6.45) is 0. The number of pyridine rings is 1. The average molecular weight is 416 g/mol. The van der Waals surface area contributed by atoms with Gasteiger partial charge in [0.25, 0.3) is 0 Å². The van der Waals surface area contributed by atoms with E-state index >= 15 is 0 Å². The van der Waals surface area contributed by atoms with Crippen molar-refractivity contribution in [3.63, 3.8) is 0 Å². The Morgan fingerprint density at radius 3 is 2.42 bits per heavy atom.